The number of carbonyl (C=O) groups is 2. The van der Waals surface area contributed by atoms with Crippen LogP contribution >= 0.6 is 15.9 Å². The topological polar surface area (TPSA) is 59.5 Å². The first-order valence-corrected chi connectivity index (χ1v) is 7.45. The maximum atomic E-state index is 12.6. The van der Waals surface area contributed by atoms with Crippen molar-refractivity contribution in [1.29, 1.82) is 0 Å². The molecule has 1 saturated carbocycles. The number of rotatable bonds is 5. The molecule has 1 fully saturated rings. The summed E-state index contributed by atoms with van der Waals surface area (Å²) in [5.41, 5.74) is 0.329. The van der Waals surface area contributed by atoms with E-state index in [-0.39, 0.29) is 17.9 Å². The molecule has 0 aliphatic heterocycles. The van der Waals surface area contributed by atoms with Crippen molar-refractivity contribution in [2.75, 3.05) is 6.61 Å². The highest BCUT2D eigenvalue weighted by molar-refractivity contribution is 9.10. The Morgan fingerprint density at radius 1 is 1.55 bits per heavy atom. The molecule has 0 unspecified atom stereocenters. The first-order valence-electron chi connectivity index (χ1n) is 6.66. The molecule has 2 rings (SSSR count). The second-order valence-corrected chi connectivity index (χ2v) is 5.56. The first kappa shape index (κ1) is 15.0. The molecule has 0 aromatic carbocycles. The normalized spacial score (nSPS) is 15.6. The summed E-state index contributed by atoms with van der Waals surface area (Å²) in [6.07, 6.45) is 3.40. The number of ether oxygens (including phenoxy) is 1. The zero-order chi connectivity index (χ0) is 14.7. The van der Waals surface area contributed by atoms with Crippen molar-refractivity contribution in [3.05, 3.63) is 28.5 Å². The second kappa shape index (κ2) is 6.35. The number of hydrogen-bond acceptors (Lipinski definition) is 4. The lowest BCUT2D eigenvalue weighted by Crippen LogP contribution is -2.45. The summed E-state index contributed by atoms with van der Waals surface area (Å²) in [7, 11) is 0. The monoisotopic (exact) mass is 340 g/mol. The average Bonchev–Trinajstić information content (AvgIpc) is 3.24. The van der Waals surface area contributed by atoms with Crippen LogP contribution in [0.2, 0.25) is 0 Å². The van der Waals surface area contributed by atoms with Gasteiger partial charge in [0.25, 0.3) is 5.91 Å². The summed E-state index contributed by atoms with van der Waals surface area (Å²) in [6, 6.07) is 3.02. The summed E-state index contributed by atoms with van der Waals surface area (Å²) < 4.78 is 5.65. The lowest BCUT2D eigenvalue weighted by atomic mass is 10.2. The van der Waals surface area contributed by atoms with E-state index in [0.717, 1.165) is 12.8 Å². The van der Waals surface area contributed by atoms with Crippen molar-refractivity contribution >= 4 is 27.8 Å². The van der Waals surface area contributed by atoms with Crippen LogP contribution < -0.4 is 0 Å². The summed E-state index contributed by atoms with van der Waals surface area (Å²) in [5, 5.41) is 0. The molecule has 0 spiro atoms. The van der Waals surface area contributed by atoms with Gasteiger partial charge in [-0.2, -0.15) is 0 Å². The number of pyridine rings is 1. The Morgan fingerprint density at radius 2 is 2.25 bits per heavy atom. The molecule has 1 atom stereocenters. The van der Waals surface area contributed by atoms with Gasteiger partial charge in [-0.15, -0.1) is 0 Å². The molecule has 0 bridgehead atoms. The quantitative estimate of drug-likeness (QED) is 0.772. The zero-order valence-electron chi connectivity index (χ0n) is 11.5. The minimum atomic E-state index is -0.594. The van der Waals surface area contributed by atoms with Gasteiger partial charge in [-0.25, -0.2) is 9.78 Å². The highest BCUT2D eigenvalue weighted by atomic mass is 79.9. The lowest BCUT2D eigenvalue weighted by molar-refractivity contribution is -0.148. The third-order valence-electron chi connectivity index (χ3n) is 3.18. The number of nitrogens with zero attached hydrogens (tertiary/aromatic N) is 2. The molecule has 6 heteroatoms. The molecule has 1 amide bonds. The smallest absolute Gasteiger partial charge is 0.328 e. The van der Waals surface area contributed by atoms with Crippen molar-refractivity contribution in [1.82, 2.24) is 9.88 Å². The number of amides is 1. The van der Waals surface area contributed by atoms with Gasteiger partial charge < -0.3 is 9.64 Å². The van der Waals surface area contributed by atoms with E-state index >= 15 is 0 Å². The van der Waals surface area contributed by atoms with Gasteiger partial charge in [0.2, 0.25) is 0 Å². The molecule has 5 nitrogen and oxygen atoms in total. The maximum Gasteiger partial charge on any atom is 0.328 e. The van der Waals surface area contributed by atoms with Gasteiger partial charge in [-0.1, -0.05) is 0 Å². The maximum absolute atomic E-state index is 12.6. The predicted octanol–water partition coefficient (Wildman–Crippen LogP) is 2.40. The Kier molecular flexibility index (Phi) is 4.75. The zero-order valence-corrected chi connectivity index (χ0v) is 13.1. The van der Waals surface area contributed by atoms with Crippen LogP contribution in [-0.4, -0.2) is 40.5 Å². The highest BCUT2D eigenvalue weighted by Gasteiger charge is 2.40. The van der Waals surface area contributed by atoms with Gasteiger partial charge in [0.05, 0.1) is 6.61 Å². The molecule has 0 radical (unpaired) electrons. The predicted molar refractivity (Wildman–Crippen MR) is 77.2 cm³/mol. The molecule has 1 aliphatic carbocycles. The number of carbonyl (C=O) groups excluding carboxylic acids is 2. The van der Waals surface area contributed by atoms with E-state index in [1.54, 1.807) is 37.1 Å². The van der Waals surface area contributed by atoms with Crippen LogP contribution in [0.4, 0.5) is 0 Å². The van der Waals surface area contributed by atoms with Crippen molar-refractivity contribution in [3.63, 3.8) is 0 Å². The van der Waals surface area contributed by atoms with Crippen molar-refractivity contribution in [2.45, 2.75) is 38.8 Å². The second-order valence-electron chi connectivity index (χ2n) is 4.71. The Bertz CT molecular complexity index is 517. The number of halogens is 1. The molecule has 0 saturated heterocycles. The van der Waals surface area contributed by atoms with Crippen LogP contribution in [0.15, 0.2) is 22.8 Å². The first-order chi connectivity index (χ1) is 9.56. The van der Waals surface area contributed by atoms with Crippen LogP contribution in [0, 0.1) is 0 Å². The Labute approximate surface area is 126 Å². The van der Waals surface area contributed by atoms with Crippen molar-refractivity contribution in [2.24, 2.45) is 0 Å². The van der Waals surface area contributed by atoms with E-state index in [2.05, 4.69) is 20.9 Å². The fourth-order valence-corrected chi connectivity index (χ4v) is 2.48. The highest BCUT2D eigenvalue weighted by Crippen LogP contribution is 2.31. The fraction of sp³-hybridized carbons (Fsp3) is 0.500. The molecule has 0 N–H and O–H groups in total. The minimum absolute atomic E-state index is 0.107. The Hall–Kier alpha value is -1.43. The molecule has 1 aliphatic rings. The molecule has 20 heavy (non-hydrogen) atoms. The van der Waals surface area contributed by atoms with Crippen molar-refractivity contribution in [3.8, 4) is 0 Å². The van der Waals surface area contributed by atoms with Crippen LogP contribution in [0.1, 0.15) is 37.2 Å². The number of aromatic nitrogens is 1. The van der Waals surface area contributed by atoms with E-state index in [1.165, 1.54) is 0 Å². The molecule has 1 heterocycles. The molecule has 1 aromatic rings. The summed E-state index contributed by atoms with van der Waals surface area (Å²) in [5.74, 6) is -0.611. The van der Waals surface area contributed by atoms with Gasteiger partial charge >= 0.3 is 5.97 Å². The van der Waals surface area contributed by atoms with E-state index in [1.807, 2.05) is 0 Å². The minimum Gasteiger partial charge on any atom is -0.464 e. The third kappa shape index (κ3) is 3.17. The summed E-state index contributed by atoms with van der Waals surface area (Å²) >= 11 is 3.33. The van der Waals surface area contributed by atoms with Crippen LogP contribution in [0.25, 0.3) is 0 Å². The van der Waals surface area contributed by atoms with Gasteiger partial charge in [0.1, 0.15) is 11.7 Å². The fourth-order valence-electron chi connectivity index (χ4n) is 2.05. The summed E-state index contributed by atoms with van der Waals surface area (Å²) in [4.78, 5) is 30.2. The Balaban J connectivity index is 2.23. The largest absolute Gasteiger partial charge is 0.464 e. The lowest BCUT2D eigenvalue weighted by Gasteiger charge is -2.27. The molecular weight excluding hydrogens is 324 g/mol. The van der Waals surface area contributed by atoms with Crippen LogP contribution in [0.3, 0.4) is 0 Å². The molecular formula is C14H17BrN2O3. The van der Waals surface area contributed by atoms with E-state index in [4.69, 9.17) is 4.74 Å². The summed E-state index contributed by atoms with van der Waals surface area (Å²) in [6.45, 7) is 3.76. The third-order valence-corrected chi connectivity index (χ3v) is 3.82. The van der Waals surface area contributed by atoms with E-state index < -0.39 is 6.04 Å². The SMILES string of the molecule is CCOC(=O)[C@H](C)N(C(=O)c1ncccc1Br)C1CC1. The van der Waals surface area contributed by atoms with Gasteiger partial charge in [-0.3, -0.25) is 4.79 Å². The van der Waals surface area contributed by atoms with E-state index in [0.29, 0.717) is 16.8 Å². The average molecular weight is 341 g/mol. The van der Waals surface area contributed by atoms with Crippen LogP contribution in [0.5, 0.6) is 0 Å². The van der Waals surface area contributed by atoms with Gasteiger partial charge in [0.15, 0.2) is 0 Å². The molecule has 1 aromatic heterocycles. The van der Waals surface area contributed by atoms with Gasteiger partial charge in [-0.05, 0) is 54.8 Å². The number of esters is 1. The number of hydrogen-bond donors (Lipinski definition) is 0. The van der Waals surface area contributed by atoms with Crippen molar-refractivity contribution < 1.29 is 14.3 Å². The Morgan fingerprint density at radius 3 is 2.80 bits per heavy atom. The van der Waals surface area contributed by atoms with Crippen LogP contribution in [-0.2, 0) is 9.53 Å². The molecule has 108 valence electrons. The van der Waals surface area contributed by atoms with Gasteiger partial charge in [0, 0.05) is 16.7 Å². The standard InChI is InChI=1S/C14H17BrN2O3/c1-3-20-14(19)9(2)17(10-6-7-10)13(18)12-11(15)5-4-8-16-12/h4-5,8-10H,3,6-7H2,1-2H3/t9-/m0/s1. The van der Waals surface area contributed by atoms with E-state index in [9.17, 15) is 9.59 Å².